The van der Waals surface area contributed by atoms with E-state index in [0.717, 1.165) is 0 Å². The van der Waals surface area contributed by atoms with Crippen LogP contribution in [0.3, 0.4) is 0 Å². The zero-order valence-corrected chi connectivity index (χ0v) is 11.5. The predicted octanol–water partition coefficient (Wildman–Crippen LogP) is 1.43. The first-order valence-electron chi connectivity index (χ1n) is 5.24. The fraction of sp³-hybridized carbons (Fsp3) is 0.900. The molecule has 0 saturated heterocycles. The van der Waals surface area contributed by atoms with E-state index in [4.69, 9.17) is 23.3 Å². The highest BCUT2D eigenvalue weighted by Crippen LogP contribution is 2.19. The van der Waals surface area contributed by atoms with E-state index in [-0.39, 0.29) is 5.92 Å². The summed E-state index contributed by atoms with van der Waals surface area (Å²) in [6.45, 7) is 3.11. The van der Waals surface area contributed by atoms with Crippen LogP contribution in [0.4, 0.5) is 0 Å². The second-order valence-corrected chi connectivity index (χ2v) is 6.59. The van der Waals surface area contributed by atoms with Crippen molar-refractivity contribution < 1.29 is 18.0 Å². The Morgan fingerprint density at radius 2 is 1.75 bits per heavy atom. The van der Waals surface area contributed by atoms with Crippen molar-refractivity contribution in [3.63, 3.8) is 0 Å². The van der Waals surface area contributed by atoms with Gasteiger partial charge in [0.2, 0.25) is 0 Å². The van der Waals surface area contributed by atoms with Crippen molar-refractivity contribution in [1.82, 2.24) is 0 Å². The predicted molar refractivity (Wildman–Crippen MR) is 61.8 cm³/mol. The lowest BCUT2D eigenvalue weighted by molar-refractivity contribution is 0.0891. The van der Waals surface area contributed by atoms with Crippen LogP contribution in [0, 0.1) is 17.2 Å². The molecule has 0 amide bonds. The smallest absolute Gasteiger partial charge is 0.380 e. The summed E-state index contributed by atoms with van der Waals surface area (Å²) in [7, 11) is 2.31. The average Bonchev–Trinajstić information content (AvgIpc) is 2.32. The van der Waals surface area contributed by atoms with Gasteiger partial charge in [-0.25, -0.2) is 0 Å². The number of hydrogen-bond acceptors (Lipinski definition) is 5. The van der Waals surface area contributed by atoms with E-state index in [1.807, 2.05) is 13.0 Å². The van der Waals surface area contributed by atoms with Gasteiger partial charge in [-0.05, 0) is 5.92 Å². The SMILES string of the molecule is CO[Si](CC(C)COCCC#N)(OC)OC. The fourth-order valence-corrected chi connectivity index (χ4v) is 3.36. The molecule has 0 radical (unpaired) electrons. The molecule has 0 aromatic rings. The number of hydrogen-bond donors (Lipinski definition) is 0. The van der Waals surface area contributed by atoms with Gasteiger partial charge < -0.3 is 18.0 Å². The van der Waals surface area contributed by atoms with Crippen molar-refractivity contribution >= 4 is 8.80 Å². The van der Waals surface area contributed by atoms with Gasteiger partial charge in [-0.15, -0.1) is 0 Å². The standard InChI is InChI=1S/C10H21NO4Si/c1-10(8-15-7-5-6-11)9-16(12-2,13-3)14-4/h10H,5,7-9H2,1-4H3. The van der Waals surface area contributed by atoms with Gasteiger partial charge in [0, 0.05) is 34.0 Å². The Bertz CT molecular complexity index is 207. The van der Waals surface area contributed by atoms with Gasteiger partial charge >= 0.3 is 8.80 Å². The van der Waals surface area contributed by atoms with Crippen molar-refractivity contribution in [3.8, 4) is 6.07 Å². The minimum atomic E-state index is -2.49. The molecule has 1 atom stereocenters. The summed E-state index contributed by atoms with van der Waals surface area (Å²) in [5, 5.41) is 8.35. The lowest BCUT2D eigenvalue weighted by Crippen LogP contribution is -2.44. The van der Waals surface area contributed by atoms with E-state index in [1.54, 1.807) is 21.3 Å². The van der Waals surface area contributed by atoms with Crippen molar-refractivity contribution in [2.24, 2.45) is 5.92 Å². The monoisotopic (exact) mass is 247 g/mol. The molecule has 5 nitrogen and oxygen atoms in total. The van der Waals surface area contributed by atoms with Gasteiger partial charge in [0.1, 0.15) is 0 Å². The molecule has 0 aromatic heterocycles. The minimum absolute atomic E-state index is 0.283. The lowest BCUT2D eigenvalue weighted by atomic mass is 10.2. The highest BCUT2D eigenvalue weighted by molar-refractivity contribution is 6.60. The second kappa shape index (κ2) is 8.67. The maximum atomic E-state index is 8.35. The second-order valence-electron chi connectivity index (χ2n) is 3.59. The summed E-state index contributed by atoms with van der Waals surface area (Å²) >= 11 is 0. The van der Waals surface area contributed by atoms with E-state index in [1.165, 1.54) is 0 Å². The highest BCUT2D eigenvalue weighted by Gasteiger charge is 2.39. The Morgan fingerprint density at radius 3 is 2.19 bits per heavy atom. The van der Waals surface area contributed by atoms with Gasteiger partial charge in [0.05, 0.1) is 19.1 Å². The van der Waals surface area contributed by atoms with E-state index in [9.17, 15) is 0 Å². The zero-order valence-electron chi connectivity index (χ0n) is 10.5. The molecule has 6 heteroatoms. The van der Waals surface area contributed by atoms with Crippen molar-refractivity contribution in [1.29, 1.82) is 5.26 Å². The number of rotatable bonds is 9. The third-order valence-electron chi connectivity index (χ3n) is 2.29. The Balaban J connectivity index is 3.91. The van der Waals surface area contributed by atoms with Crippen molar-refractivity contribution in [2.45, 2.75) is 19.4 Å². The molecule has 1 unspecified atom stereocenters. The minimum Gasteiger partial charge on any atom is -0.380 e. The summed E-state index contributed by atoms with van der Waals surface area (Å²) in [5.41, 5.74) is 0. The number of nitriles is 1. The Hall–Kier alpha value is -0.453. The number of nitrogens with zero attached hydrogens (tertiary/aromatic N) is 1. The Labute approximate surface area is 98.6 Å². The maximum absolute atomic E-state index is 8.35. The Kier molecular flexibility index (Phi) is 8.43. The topological polar surface area (TPSA) is 60.7 Å². The third kappa shape index (κ3) is 5.58. The van der Waals surface area contributed by atoms with E-state index < -0.39 is 8.80 Å². The average molecular weight is 247 g/mol. The van der Waals surface area contributed by atoms with Crippen LogP contribution in [-0.2, 0) is 18.0 Å². The van der Waals surface area contributed by atoms with Gasteiger partial charge in [0.15, 0.2) is 0 Å². The van der Waals surface area contributed by atoms with Gasteiger partial charge in [-0.3, -0.25) is 0 Å². The molecule has 0 aromatic carbocycles. The molecular weight excluding hydrogens is 226 g/mol. The van der Waals surface area contributed by atoms with E-state index in [2.05, 4.69) is 0 Å². The summed E-state index contributed by atoms with van der Waals surface area (Å²) in [6, 6.07) is 2.74. The largest absolute Gasteiger partial charge is 0.500 e. The van der Waals surface area contributed by atoms with Gasteiger partial charge in [0.25, 0.3) is 0 Å². The molecule has 0 heterocycles. The van der Waals surface area contributed by atoms with Gasteiger partial charge in [-0.1, -0.05) is 6.92 Å². The Morgan fingerprint density at radius 1 is 1.19 bits per heavy atom. The zero-order chi connectivity index (χ0) is 12.4. The van der Waals surface area contributed by atoms with E-state index in [0.29, 0.717) is 25.7 Å². The van der Waals surface area contributed by atoms with Crippen LogP contribution in [0.15, 0.2) is 0 Å². The molecule has 0 fully saturated rings. The molecule has 94 valence electrons. The summed E-state index contributed by atoms with van der Waals surface area (Å²) in [4.78, 5) is 0. The molecule has 0 aliphatic heterocycles. The normalized spacial score (nSPS) is 13.4. The van der Waals surface area contributed by atoms with Crippen molar-refractivity contribution in [2.75, 3.05) is 34.5 Å². The summed E-state index contributed by atoms with van der Waals surface area (Å²) < 4.78 is 21.3. The molecular formula is C10H21NO4Si. The van der Waals surface area contributed by atoms with Crippen molar-refractivity contribution in [3.05, 3.63) is 0 Å². The lowest BCUT2D eigenvalue weighted by Gasteiger charge is -2.26. The molecule has 0 rings (SSSR count). The number of ether oxygens (including phenoxy) is 1. The van der Waals surface area contributed by atoms with Crippen LogP contribution < -0.4 is 0 Å². The first-order valence-corrected chi connectivity index (χ1v) is 7.17. The highest BCUT2D eigenvalue weighted by atomic mass is 28.4. The molecule has 0 saturated carbocycles. The molecule has 0 aliphatic rings. The molecule has 0 aliphatic carbocycles. The maximum Gasteiger partial charge on any atom is 0.500 e. The van der Waals surface area contributed by atoms with Crippen LogP contribution in [0.25, 0.3) is 0 Å². The van der Waals surface area contributed by atoms with Crippen LogP contribution in [0.2, 0.25) is 6.04 Å². The third-order valence-corrected chi connectivity index (χ3v) is 5.35. The fourth-order valence-electron chi connectivity index (χ4n) is 1.39. The van der Waals surface area contributed by atoms with Crippen LogP contribution in [0.1, 0.15) is 13.3 Å². The molecule has 0 N–H and O–H groups in total. The quantitative estimate of drug-likeness (QED) is 0.455. The van der Waals surface area contributed by atoms with Gasteiger partial charge in [-0.2, -0.15) is 5.26 Å². The first kappa shape index (κ1) is 15.5. The van der Waals surface area contributed by atoms with E-state index >= 15 is 0 Å². The van der Waals surface area contributed by atoms with Crippen LogP contribution in [0.5, 0.6) is 0 Å². The molecule has 0 spiro atoms. The molecule has 16 heavy (non-hydrogen) atoms. The van der Waals surface area contributed by atoms with Crippen LogP contribution in [-0.4, -0.2) is 43.3 Å². The molecule has 0 bridgehead atoms. The first-order chi connectivity index (χ1) is 7.64. The van der Waals surface area contributed by atoms with Crippen LogP contribution >= 0.6 is 0 Å². The summed E-state index contributed by atoms with van der Waals surface area (Å²) in [5.74, 6) is 0.283. The summed E-state index contributed by atoms with van der Waals surface area (Å²) in [6.07, 6.45) is 0.425.